The predicted molar refractivity (Wildman–Crippen MR) is 104 cm³/mol. The zero-order chi connectivity index (χ0) is 17.9. The molecule has 1 aliphatic rings. The van der Waals surface area contributed by atoms with Crippen molar-refractivity contribution in [3.05, 3.63) is 68.7 Å². The maximum Gasteiger partial charge on any atom is 0.244 e. The highest BCUT2D eigenvalue weighted by Crippen LogP contribution is 2.52. The minimum Gasteiger partial charge on any atom is -0.349 e. The van der Waals surface area contributed by atoms with Gasteiger partial charge in [-0.1, -0.05) is 30.4 Å². The first-order chi connectivity index (χ1) is 11.3. The minimum absolute atomic E-state index is 0.115. The van der Waals surface area contributed by atoms with Gasteiger partial charge in [0.2, 0.25) is 5.91 Å². The Kier molecular flexibility index (Phi) is 6.58. The largest absolute Gasteiger partial charge is 0.349 e. The van der Waals surface area contributed by atoms with Crippen LogP contribution in [0.3, 0.4) is 0 Å². The smallest absolute Gasteiger partial charge is 0.244 e. The molecule has 128 valence electrons. The molecule has 1 N–H and O–H groups in total. The average Bonchev–Trinajstić information content (AvgIpc) is 3.16. The summed E-state index contributed by atoms with van der Waals surface area (Å²) < 4.78 is 16.0. The second-order valence-corrected chi connectivity index (χ2v) is 7.85. The lowest BCUT2D eigenvalue weighted by molar-refractivity contribution is -0.116. The van der Waals surface area contributed by atoms with Crippen LogP contribution in [0.2, 0.25) is 0 Å². The van der Waals surface area contributed by atoms with Gasteiger partial charge in [0.15, 0.2) is 0 Å². The molecule has 0 bridgehead atoms. The Hall–Kier alpha value is -1.20. The van der Waals surface area contributed by atoms with E-state index in [2.05, 4.69) is 43.8 Å². The fourth-order valence-corrected chi connectivity index (χ4v) is 3.10. The van der Waals surface area contributed by atoms with Crippen molar-refractivity contribution in [3.8, 4) is 0 Å². The molecular formula is C19H20Br2FNO. The van der Waals surface area contributed by atoms with Crippen LogP contribution < -0.4 is 5.32 Å². The second kappa shape index (κ2) is 8.26. The summed E-state index contributed by atoms with van der Waals surface area (Å²) in [4.78, 5) is 11.7. The van der Waals surface area contributed by atoms with Crippen molar-refractivity contribution in [3.63, 3.8) is 0 Å². The molecule has 1 unspecified atom stereocenters. The van der Waals surface area contributed by atoms with Crippen LogP contribution in [0.25, 0.3) is 0 Å². The molecule has 2 nitrogen and oxygen atoms in total. The van der Waals surface area contributed by atoms with Gasteiger partial charge in [-0.25, -0.2) is 4.39 Å². The molecule has 24 heavy (non-hydrogen) atoms. The lowest BCUT2D eigenvalue weighted by Gasteiger charge is -2.01. The van der Waals surface area contributed by atoms with Crippen molar-refractivity contribution in [2.75, 3.05) is 6.54 Å². The lowest BCUT2D eigenvalue weighted by Crippen LogP contribution is -2.22. The van der Waals surface area contributed by atoms with Gasteiger partial charge in [-0.15, -0.1) is 0 Å². The number of allylic oxidation sites excluding steroid dienone is 3. The molecule has 1 fully saturated rings. The van der Waals surface area contributed by atoms with Gasteiger partial charge in [0.05, 0.1) is 0 Å². The number of amides is 1. The van der Waals surface area contributed by atoms with Crippen LogP contribution in [0, 0.1) is 5.92 Å². The van der Waals surface area contributed by atoms with E-state index < -0.39 is 6.17 Å². The summed E-state index contributed by atoms with van der Waals surface area (Å²) >= 11 is 6.87. The molecule has 0 radical (unpaired) electrons. The van der Waals surface area contributed by atoms with E-state index in [4.69, 9.17) is 0 Å². The molecule has 1 saturated carbocycles. The van der Waals surface area contributed by atoms with Gasteiger partial charge in [-0.05, 0) is 69.0 Å². The molecule has 1 amide bonds. The monoisotopic (exact) mass is 455 g/mol. The first-order valence-corrected chi connectivity index (χ1v) is 9.26. The maximum absolute atomic E-state index is 14.1. The molecule has 1 aromatic rings. The van der Waals surface area contributed by atoms with Gasteiger partial charge in [0, 0.05) is 33.4 Å². The Morgan fingerprint density at radius 1 is 1.33 bits per heavy atom. The van der Waals surface area contributed by atoms with Crippen LogP contribution in [0.4, 0.5) is 4.39 Å². The van der Waals surface area contributed by atoms with E-state index in [1.165, 1.54) is 6.08 Å². The molecule has 0 aromatic heterocycles. The molecule has 3 atom stereocenters. The first kappa shape index (κ1) is 19.1. The Balaban J connectivity index is 1.96. The summed E-state index contributed by atoms with van der Waals surface area (Å²) in [5.74, 6) is -0.420. The summed E-state index contributed by atoms with van der Waals surface area (Å²) in [7, 11) is 0. The van der Waals surface area contributed by atoms with Gasteiger partial charge >= 0.3 is 0 Å². The van der Waals surface area contributed by atoms with Gasteiger partial charge in [0.1, 0.15) is 6.17 Å². The highest BCUT2D eigenvalue weighted by Gasteiger charge is 2.50. The van der Waals surface area contributed by atoms with Crippen molar-refractivity contribution >= 4 is 37.8 Å². The molecule has 2 rings (SSSR count). The van der Waals surface area contributed by atoms with E-state index in [1.807, 2.05) is 44.2 Å². The van der Waals surface area contributed by atoms with Crippen LogP contribution >= 0.6 is 31.9 Å². The molecule has 1 aromatic carbocycles. The molecule has 1 aliphatic carbocycles. The van der Waals surface area contributed by atoms with Gasteiger partial charge in [-0.2, -0.15) is 0 Å². The first-order valence-electron chi connectivity index (χ1n) is 7.67. The predicted octanol–water partition coefficient (Wildman–Crippen LogP) is 5.46. The van der Waals surface area contributed by atoms with Crippen LogP contribution in [0.1, 0.15) is 25.3 Å². The number of carbonyl (C=O) groups excluding carboxylic acids is 1. The zero-order valence-electron chi connectivity index (χ0n) is 13.7. The normalized spacial score (nSPS) is 23.4. The number of carbonyl (C=O) groups is 1. The third kappa shape index (κ3) is 5.15. The van der Waals surface area contributed by atoms with Crippen LogP contribution in [0.15, 0.2) is 63.1 Å². The van der Waals surface area contributed by atoms with Crippen molar-refractivity contribution in [2.24, 2.45) is 5.92 Å². The van der Waals surface area contributed by atoms with Crippen molar-refractivity contribution in [1.82, 2.24) is 5.32 Å². The molecule has 0 saturated heterocycles. The minimum atomic E-state index is -0.876. The topological polar surface area (TPSA) is 29.1 Å². The van der Waals surface area contributed by atoms with Crippen molar-refractivity contribution in [1.29, 1.82) is 0 Å². The van der Waals surface area contributed by atoms with E-state index in [0.29, 0.717) is 6.54 Å². The van der Waals surface area contributed by atoms with E-state index in [9.17, 15) is 9.18 Å². The highest BCUT2D eigenvalue weighted by atomic mass is 79.9. The van der Waals surface area contributed by atoms with Gasteiger partial charge in [0.25, 0.3) is 0 Å². The summed E-state index contributed by atoms with van der Waals surface area (Å²) in [6.45, 7) is 7.88. The lowest BCUT2D eigenvalue weighted by atomic mass is 10.1. The number of nitrogens with one attached hydrogen (secondary N) is 1. The standard InChI is InChI=1S/C19H20Br2FNO/c1-11(2)10-23-17(24)8-12(3)4-6-14-18(19(14)22)13-5-7-15(20)16(21)9-13/h4-9,14,18-19H,1,10H2,2-3H3,(H,23,24)/b6-4+,12-8+/t14?,18-,19-/m0/s1. The average molecular weight is 457 g/mol. The second-order valence-electron chi connectivity index (χ2n) is 6.14. The van der Waals surface area contributed by atoms with E-state index in [-0.39, 0.29) is 17.7 Å². The Bertz CT molecular complexity index is 711. The SMILES string of the molecule is C=C(C)CNC(=O)/C=C(C)/C=C/C1[C@H](F)[C@H]1c1ccc(Br)c(Br)c1. The maximum atomic E-state index is 14.1. The van der Waals surface area contributed by atoms with Crippen LogP contribution in [-0.4, -0.2) is 18.6 Å². The number of halogens is 3. The number of rotatable bonds is 6. The summed E-state index contributed by atoms with van der Waals surface area (Å²) in [5.41, 5.74) is 2.67. The molecule has 0 heterocycles. The Morgan fingerprint density at radius 3 is 2.67 bits per heavy atom. The number of hydrogen-bond acceptors (Lipinski definition) is 1. The molecule has 0 aliphatic heterocycles. The van der Waals surface area contributed by atoms with Crippen LogP contribution in [-0.2, 0) is 4.79 Å². The summed E-state index contributed by atoms with van der Waals surface area (Å²) in [6.07, 6.45) is 4.30. The van der Waals surface area contributed by atoms with Gasteiger partial charge < -0.3 is 5.32 Å². The van der Waals surface area contributed by atoms with E-state index >= 15 is 0 Å². The number of hydrogen-bond donors (Lipinski definition) is 1. The number of benzene rings is 1. The van der Waals surface area contributed by atoms with Crippen molar-refractivity contribution < 1.29 is 9.18 Å². The van der Waals surface area contributed by atoms with Gasteiger partial charge in [-0.3, -0.25) is 4.79 Å². The fraction of sp³-hybridized carbons (Fsp3) is 0.316. The summed E-state index contributed by atoms with van der Waals surface area (Å²) in [6, 6.07) is 5.80. The van der Waals surface area contributed by atoms with Crippen molar-refractivity contribution in [2.45, 2.75) is 25.9 Å². The Morgan fingerprint density at radius 2 is 2.04 bits per heavy atom. The summed E-state index contributed by atoms with van der Waals surface area (Å²) in [5, 5.41) is 2.74. The molecule has 5 heteroatoms. The number of alkyl halides is 1. The zero-order valence-corrected chi connectivity index (χ0v) is 16.8. The third-order valence-corrected chi connectivity index (χ3v) is 5.70. The third-order valence-electron chi connectivity index (χ3n) is 3.82. The van der Waals surface area contributed by atoms with Crippen LogP contribution in [0.5, 0.6) is 0 Å². The van der Waals surface area contributed by atoms with E-state index in [1.54, 1.807) is 0 Å². The quantitative estimate of drug-likeness (QED) is 0.343. The Labute approximate surface area is 159 Å². The van der Waals surface area contributed by atoms with E-state index in [0.717, 1.165) is 25.7 Å². The highest BCUT2D eigenvalue weighted by molar-refractivity contribution is 9.13. The molecular weight excluding hydrogens is 437 g/mol. The molecule has 0 spiro atoms. The fourth-order valence-electron chi connectivity index (χ4n) is 2.45.